The number of aromatic nitrogens is 3. The fraction of sp³-hybridized carbons (Fsp3) is 0.125. The minimum absolute atomic E-state index is 0.210. The summed E-state index contributed by atoms with van der Waals surface area (Å²) in [6, 6.07) is 20.6. The number of ether oxygens (including phenoxy) is 2. The predicted octanol–water partition coefficient (Wildman–Crippen LogP) is 4.59. The summed E-state index contributed by atoms with van der Waals surface area (Å²) in [6.07, 6.45) is 3.18. The van der Waals surface area contributed by atoms with Crippen LogP contribution in [0.25, 0.3) is 11.3 Å². The van der Waals surface area contributed by atoms with Crippen molar-refractivity contribution in [2.45, 2.75) is 13.5 Å². The zero-order valence-corrected chi connectivity index (χ0v) is 17.0. The molecule has 31 heavy (non-hydrogen) atoms. The molecule has 2 heterocycles. The second-order valence-corrected chi connectivity index (χ2v) is 6.72. The molecule has 0 aliphatic heterocycles. The average Bonchev–Trinajstić information content (AvgIpc) is 3.30. The van der Waals surface area contributed by atoms with Crippen molar-refractivity contribution in [3.8, 4) is 28.6 Å². The van der Waals surface area contributed by atoms with Crippen LogP contribution < -0.4 is 14.8 Å². The molecule has 0 fully saturated rings. The van der Waals surface area contributed by atoms with Gasteiger partial charge in [0.1, 0.15) is 11.5 Å². The van der Waals surface area contributed by atoms with Gasteiger partial charge in [-0.3, -0.25) is 9.89 Å². The van der Waals surface area contributed by atoms with Gasteiger partial charge in [0, 0.05) is 24.4 Å². The smallest absolute Gasteiger partial charge is 0.255 e. The maximum atomic E-state index is 12.7. The standard InChI is InChI=1S/C24H22N4O3/c1-2-30-19-8-10-20(11-9-19)31-22-14-17(12-13-25-22)15-26-24(29)21-16-27-28-23(21)18-6-4-3-5-7-18/h3-14,16H,2,15H2,1H3,(H,26,29)(H,27,28). The zero-order valence-electron chi connectivity index (χ0n) is 17.0. The quantitative estimate of drug-likeness (QED) is 0.440. The average molecular weight is 414 g/mol. The predicted molar refractivity (Wildman–Crippen MR) is 117 cm³/mol. The van der Waals surface area contributed by atoms with Crippen molar-refractivity contribution in [1.29, 1.82) is 0 Å². The number of nitrogens with zero attached hydrogens (tertiary/aromatic N) is 2. The number of aromatic amines is 1. The van der Waals surface area contributed by atoms with E-state index in [0.29, 0.717) is 36.0 Å². The number of nitrogens with one attached hydrogen (secondary N) is 2. The summed E-state index contributed by atoms with van der Waals surface area (Å²) in [5.74, 6) is 1.68. The van der Waals surface area contributed by atoms with Crippen molar-refractivity contribution in [1.82, 2.24) is 20.5 Å². The summed E-state index contributed by atoms with van der Waals surface area (Å²) in [5, 5.41) is 9.85. The van der Waals surface area contributed by atoms with E-state index in [9.17, 15) is 4.79 Å². The van der Waals surface area contributed by atoms with Crippen LogP contribution in [0.2, 0.25) is 0 Å². The topological polar surface area (TPSA) is 89.1 Å². The van der Waals surface area contributed by atoms with Crippen LogP contribution in [-0.4, -0.2) is 27.7 Å². The van der Waals surface area contributed by atoms with Gasteiger partial charge in [-0.15, -0.1) is 0 Å². The number of pyridine rings is 1. The van der Waals surface area contributed by atoms with Crippen LogP contribution in [0.1, 0.15) is 22.8 Å². The minimum atomic E-state index is -0.210. The Morgan fingerprint density at radius 3 is 2.58 bits per heavy atom. The molecule has 0 saturated carbocycles. The Morgan fingerprint density at radius 1 is 1.03 bits per heavy atom. The van der Waals surface area contributed by atoms with E-state index in [1.807, 2.05) is 67.6 Å². The summed E-state index contributed by atoms with van der Waals surface area (Å²) < 4.78 is 11.2. The molecule has 0 bridgehead atoms. The summed E-state index contributed by atoms with van der Waals surface area (Å²) >= 11 is 0. The summed E-state index contributed by atoms with van der Waals surface area (Å²) in [7, 11) is 0. The van der Waals surface area contributed by atoms with Crippen LogP contribution in [0.15, 0.2) is 79.1 Å². The van der Waals surface area contributed by atoms with E-state index in [-0.39, 0.29) is 5.91 Å². The van der Waals surface area contributed by atoms with Crippen LogP contribution >= 0.6 is 0 Å². The van der Waals surface area contributed by atoms with Crippen molar-refractivity contribution < 1.29 is 14.3 Å². The summed E-state index contributed by atoms with van der Waals surface area (Å²) in [4.78, 5) is 16.9. The molecule has 7 heteroatoms. The third kappa shape index (κ3) is 5.08. The third-order valence-corrected chi connectivity index (χ3v) is 4.56. The van der Waals surface area contributed by atoms with Gasteiger partial charge in [0.15, 0.2) is 0 Å². The fourth-order valence-electron chi connectivity index (χ4n) is 3.07. The SMILES string of the molecule is CCOc1ccc(Oc2cc(CNC(=O)c3cn[nH]c3-c3ccccc3)ccn2)cc1. The first-order valence-electron chi connectivity index (χ1n) is 9.95. The van der Waals surface area contributed by atoms with Crippen molar-refractivity contribution in [2.75, 3.05) is 6.61 Å². The molecule has 4 aromatic rings. The molecule has 0 radical (unpaired) electrons. The van der Waals surface area contributed by atoms with Gasteiger partial charge in [-0.05, 0) is 42.8 Å². The molecule has 2 aromatic carbocycles. The molecule has 4 rings (SSSR count). The Balaban J connectivity index is 1.40. The Morgan fingerprint density at radius 2 is 1.81 bits per heavy atom. The first-order valence-corrected chi connectivity index (χ1v) is 9.95. The second kappa shape index (κ2) is 9.58. The van der Waals surface area contributed by atoms with E-state index in [1.165, 1.54) is 6.20 Å². The molecular formula is C24H22N4O3. The van der Waals surface area contributed by atoms with Gasteiger partial charge in [-0.2, -0.15) is 5.10 Å². The second-order valence-electron chi connectivity index (χ2n) is 6.72. The molecule has 2 N–H and O–H groups in total. The number of rotatable bonds is 8. The molecule has 7 nitrogen and oxygen atoms in total. The van der Waals surface area contributed by atoms with E-state index in [1.54, 1.807) is 12.3 Å². The molecule has 0 saturated heterocycles. The first-order chi connectivity index (χ1) is 15.2. The van der Waals surface area contributed by atoms with Crippen LogP contribution in [0, 0.1) is 0 Å². The van der Waals surface area contributed by atoms with Crippen LogP contribution in [-0.2, 0) is 6.54 Å². The number of carbonyl (C=O) groups excluding carboxylic acids is 1. The highest BCUT2D eigenvalue weighted by molar-refractivity contribution is 5.99. The van der Waals surface area contributed by atoms with Crippen molar-refractivity contribution in [3.05, 3.63) is 90.3 Å². The molecule has 156 valence electrons. The maximum Gasteiger partial charge on any atom is 0.255 e. The largest absolute Gasteiger partial charge is 0.494 e. The Labute approximate surface area is 180 Å². The Kier molecular flexibility index (Phi) is 6.23. The molecule has 0 unspecified atom stereocenters. The van der Waals surface area contributed by atoms with Crippen LogP contribution in [0.4, 0.5) is 0 Å². The number of H-pyrrole nitrogens is 1. The summed E-state index contributed by atoms with van der Waals surface area (Å²) in [5.41, 5.74) is 2.95. The van der Waals surface area contributed by atoms with E-state index in [2.05, 4.69) is 20.5 Å². The van der Waals surface area contributed by atoms with Gasteiger partial charge in [-0.1, -0.05) is 30.3 Å². The van der Waals surface area contributed by atoms with Gasteiger partial charge >= 0.3 is 0 Å². The highest BCUT2D eigenvalue weighted by atomic mass is 16.5. The fourth-order valence-corrected chi connectivity index (χ4v) is 3.07. The lowest BCUT2D eigenvalue weighted by atomic mass is 10.1. The maximum absolute atomic E-state index is 12.7. The normalized spacial score (nSPS) is 10.5. The molecule has 0 spiro atoms. The minimum Gasteiger partial charge on any atom is -0.494 e. The number of carbonyl (C=O) groups is 1. The lowest BCUT2D eigenvalue weighted by Crippen LogP contribution is -2.23. The monoisotopic (exact) mass is 414 g/mol. The zero-order chi connectivity index (χ0) is 21.5. The highest BCUT2D eigenvalue weighted by Gasteiger charge is 2.15. The molecule has 0 atom stereocenters. The first kappa shape index (κ1) is 20.2. The van der Waals surface area contributed by atoms with Crippen LogP contribution in [0.3, 0.4) is 0 Å². The lowest BCUT2D eigenvalue weighted by Gasteiger charge is -2.09. The summed E-state index contributed by atoms with van der Waals surface area (Å²) in [6.45, 7) is 2.88. The number of benzene rings is 2. The molecule has 0 aliphatic carbocycles. The van der Waals surface area contributed by atoms with Crippen molar-refractivity contribution >= 4 is 5.91 Å². The third-order valence-electron chi connectivity index (χ3n) is 4.56. The van der Waals surface area contributed by atoms with E-state index < -0.39 is 0 Å². The number of hydrogen-bond donors (Lipinski definition) is 2. The van der Waals surface area contributed by atoms with Gasteiger partial charge in [0.05, 0.1) is 24.1 Å². The van der Waals surface area contributed by atoms with E-state index in [4.69, 9.17) is 9.47 Å². The number of hydrogen-bond acceptors (Lipinski definition) is 5. The molecule has 0 aliphatic rings. The van der Waals surface area contributed by atoms with Gasteiger partial charge in [0.25, 0.3) is 5.91 Å². The van der Waals surface area contributed by atoms with Gasteiger partial charge in [0.2, 0.25) is 5.88 Å². The molecule has 1 amide bonds. The Bertz CT molecular complexity index is 1140. The van der Waals surface area contributed by atoms with Crippen molar-refractivity contribution in [3.63, 3.8) is 0 Å². The van der Waals surface area contributed by atoms with Gasteiger partial charge < -0.3 is 14.8 Å². The lowest BCUT2D eigenvalue weighted by molar-refractivity contribution is 0.0951. The molecule has 2 aromatic heterocycles. The Hall–Kier alpha value is -4.13. The van der Waals surface area contributed by atoms with Crippen LogP contribution in [0.5, 0.6) is 17.4 Å². The van der Waals surface area contributed by atoms with E-state index >= 15 is 0 Å². The highest BCUT2D eigenvalue weighted by Crippen LogP contribution is 2.23. The number of amides is 1. The van der Waals surface area contributed by atoms with Gasteiger partial charge in [-0.25, -0.2) is 4.98 Å². The van der Waals surface area contributed by atoms with Crippen molar-refractivity contribution in [2.24, 2.45) is 0 Å². The van der Waals surface area contributed by atoms with E-state index in [0.717, 1.165) is 16.9 Å². The molecular weight excluding hydrogens is 392 g/mol.